The lowest BCUT2D eigenvalue weighted by Gasteiger charge is -2.05. The zero-order valence-corrected chi connectivity index (χ0v) is 8.38. The summed E-state index contributed by atoms with van der Waals surface area (Å²) in [4.78, 5) is 0.478. The predicted octanol–water partition coefficient (Wildman–Crippen LogP) is 2.48. The second-order valence-corrected chi connectivity index (χ2v) is 3.61. The van der Waals surface area contributed by atoms with E-state index in [1.165, 1.54) is 0 Å². The van der Waals surface area contributed by atoms with Gasteiger partial charge < -0.3 is 5.73 Å². The normalized spacial score (nSPS) is 9.83. The molecule has 12 heavy (non-hydrogen) atoms. The molecule has 0 bridgehead atoms. The molecule has 2 N–H and O–H groups in total. The van der Waals surface area contributed by atoms with Crippen molar-refractivity contribution in [2.45, 2.75) is 13.3 Å². The summed E-state index contributed by atoms with van der Waals surface area (Å²) >= 11 is 10.8. The summed E-state index contributed by atoms with van der Waals surface area (Å²) in [6, 6.07) is 5.77. The van der Waals surface area contributed by atoms with Crippen LogP contribution in [0.25, 0.3) is 0 Å². The lowest BCUT2D eigenvalue weighted by Crippen LogP contribution is -2.12. The molecule has 0 aliphatic carbocycles. The number of halogens is 1. The van der Waals surface area contributed by atoms with Crippen LogP contribution in [0.2, 0.25) is 5.02 Å². The van der Waals surface area contributed by atoms with E-state index in [-0.39, 0.29) is 0 Å². The molecule has 0 aliphatic rings. The van der Waals surface area contributed by atoms with E-state index in [0.717, 1.165) is 16.1 Å². The summed E-state index contributed by atoms with van der Waals surface area (Å²) < 4.78 is 0. The molecule has 0 saturated carbocycles. The number of hydrogen-bond donors (Lipinski definition) is 1. The molecule has 0 radical (unpaired) electrons. The van der Waals surface area contributed by atoms with E-state index in [1.807, 2.05) is 25.1 Å². The Balaban J connectivity index is 3.04. The lowest BCUT2D eigenvalue weighted by molar-refractivity contribution is 1.26. The van der Waals surface area contributed by atoms with Crippen molar-refractivity contribution in [1.82, 2.24) is 0 Å². The first-order valence-electron chi connectivity index (χ1n) is 3.63. The first kappa shape index (κ1) is 9.49. The van der Waals surface area contributed by atoms with E-state index in [0.29, 0.717) is 11.4 Å². The lowest BCUT2D eigenvalue weighted by atomic mass is 10.1. The van der Waals surface area contributed by atoms with Crippen molar-refractivity contribution in [3.05, 3.63) is 34.3 Å². The Hall–Kier alpha value is -0.600. The van der Waals surface area contributed by atoms with Gasteiger partial charge in [-0.3, -0.25) is 0 Å². The fraction of sp³-hybridized carbons (Fsp3) is 0.222. The molecule has 3 heteroatoms. The fourth-order valence-corrected chi connectivity index (χ4v) is 1.50. The molecule has 0 amide bonds. The molecule has 1 aromatic rings. The third kappa shape index (κ3) is 2.19. The molecule has 0 unspecified atom stereocenters. The summed E-state index contributed by atoms with van der Waals surface area (Å²) in [5.74, 6) is 0. The zero-order valence-electron chi connectivity index (χ0n) is 6.80. The molecule has 0 heterocycles. The van der Waals surface area contributed by atoms with Crippen LogP contribution < -0.4 is 5.73 Å². The van der Waals surface area contributed by atoms with Gasteiger partial charge in [0, 0.05) is 11.4 Å². The third-order valence-electron chi connectivity index (χ3n) is 1.70. The van der Waals surface area contributed by atoms with E-state index >= 15 is 0 Å². The third-order valence-corrected chi connectivity index (χ3v) is 2.20. The zero-order chi connectivity index (χ0) is 9.14. The van der Waals surface area contributed by atoms with Crippen LogP contribution >= 0.6 is 23.8 Å². The van der Waals surface area contributed by atoms with Gasteiger partial charge in [-0.1, -0.05) is 36.0 Å². The topological polar surface area (TPSA) is 26.0 Å². The maximum Gasteiger partial charge on any atom is 0.0772 e. The first-order valence-corrected chi connectivity index (χ1v) is 4.42. The standard InChI is InChI=1S/C9H10ClNS/c1-6-3-2-4-8(10)7(6)5-9(11)12/h2-4H,5H2,1H3,(H2,11,12). The highest BCUT2D eigenvalue weighted by Crippen LogP contribution is 2.19. The van der Waals surface area contributed by atoms with E-state index < -0.39 is 0 Å². The highest BCUT2D eigenvalue weighted by molar-refractivity contribution is 7.80. The molecule has 0 atom stereocenters. The van der Waals surface area contributed by atoms with E-state index in [1.54, 1.807) is 0 Å². The Morgan fingerprint density at radius 1 is 1.58 bits per heavy atom. The Morgan fingerprint density at radius 3 is 2.75 bits per heavy atom. The minimum atomic E-state index is 0.478. The van der Waals surface area contributed by atoms with Gasteiger partial charge in [0.15, 0.2) is 0 Å². The second kappa shape index (κ2) is 3.87. The largest absolute Gasteiger partial charge is 0.393 e. The van der Waals surface area contributed by atoms with Gasteiger partial charge in [-0.05, 0) is 24.1 Å². The van der Waals surface area contributed by atoms with Crippen molar-refractivity contribution >= 4 is 28.8 Å². The van der Waals surface area contributed by atoms with Crippen LogP contribution in [0.1, 0.15) is 11.1 Å². The fourth-order valence-electron chi connectivity index (χ4n) is 1.06. The van der Waals surface area contributed by atoms with Crippen molar-refractivity contribution in [2.75, 3.05) is 0 Å². The molecule has 0 spiro atoms. The van der Waals surface area contributed by atoms with Crippen molar-refractivity contribution < 1.29 is 0 Å². The average Bonchev–Trinajstić information content (AvgIpc) is 1.97. The van der Waals surface area contributed by atoms with Gasteiger partial charge in [-0.25, -0.2) is 0 Å². The van der Waals surface area contributed by atoms with Crippen LogP contribution in [0.3, 0.4) is 0 Å². The van der Waals surface area contributed by atoms with Gasteiger partial charge in [0.1, 0.15) is 0 Å². The predicted molar refractivity (Wildman–Crippen MR) is 56.7 cm³/mol. The number of nitrogens with two attached hydrogens (primary N) is 1. The molecular weight excluding hydrogens is 190 g/mol. The number of aryl methyl sites for hydroxylation is 1. The minimum absolute atomic E-state index is 0.478. The first-order chi connectivity index (χ1) is 5.61. The van der Waals surface area contributed by atoms with Gasteiger partial charge in [0.2, 0.25) is 0 Å². The maximum atomic E-state index is 5.96. The van der Waals surface area contributed by atoms with Crippen molar-refractivity contribution in [3.63, 3.8) is 0 Å². The Kier molecular flexibility index (Phi) is 3.06. The van der Waals surface area contributed by atoms with Crippen LogP contribution in [-0.4, -0.2) is 4.99 Å². The van der Waals surface area contributed by atoms with Gasteiger partial charge in [-0.2, -0.15) is 0 Å². The molecule has 64 valence electrons. The number of thiocarbonyl (C=S) groups is 1. The molecule has 0 fully saturated rings. The highest BCUT2D eigenvalue weighted by Gasteiger charge is 2.03. The Labute approximate surface area is 82.5 Å². The van der Waals surface area contributed by atoms with Crippen LogP contribution in [0.5, 0.6) is 0 Å². The average molecular weight is 200 g/mol. The molecule has 0 aliphatic heterocycles. The maximum absolute atomic E-state index is 5.96. The number of benzene rings is 1. The number of rotatable bonds is 2. The number of hydrogen-bond acceptors (Lipinski definition) is 1. The summed E-state index contributed by atoms with van der Waals surface area (Å²) in [6.07, 6.45) is 0.584. The minimum Gasteiger partial charge on any atom is -0.393 e. The van der Waals surface area contributed by atoms with Gasteiger partial charge in [-0.15, -0.1) is 0 Å². The van der Waals surface area contributed by atoms with Crippen molar-refractivity contribution in [3.8, 4) is 0 Å². The van der Waals surface area contributed by atoms with Crippen LogP contribution in [-0.2, 0) is 6.42 Å². The summed E-state index contributed by atoms with van der Waals surface area (Å²) in [5, 5.41) is 0.739. The molecule has 1 aromatic carbocycles. The molecule has 0 saturated heterocycles. The molecule has 1 rings (SSSR count). The summed E-state index contributed by atoms with van der Waals surface area (Å²) in [5.41, 5.74) is 7.60. The van der Waals surface area contributed by atoms with E-state index in [4.69, 9.17) is 29.6 Å². The van der Waals surface area contributed by atoms with Gasteiger partial charge in [0.05, 0.1) is 4.99 Å². The van der Waals surface area contributed by atoms with E-state index in [2.05, 4.69) is 0 Å². The summed E-state index contributed by atoms with van der Waals surface area (Å²) in [7, 11) is 0. The summed E-state index contributed by atoms with van der Waals surface area (Å²) in [6.45, 7) is 2.00. The Bertz CT molecular complexity index is 289. The Morgan fingerprint density at radius 2 is 2.25 bits per heavy atom. The van der Waals surface area contributed by atoms with Gasteiger partial charge in [0.25, 0.3) is 0 Å². The van der Waals surface area contributed by atoms with Gasteiger partial charge >= 0.3 is 0 Å². The highest BCUT2D eigenvalue weighted by atomic mass is 35.5. The van der Waals surface area contributed by atoms with Crippen molar-refractivity contribution in [2.24, 2.45) is 5.73 Å². The molecule has 1 nitrogen and oxygen atoms in total. The molecule has 0 aromatic heterocycles. The van der Waals surface area contributed by atoms with Crippen molar-refractivity contribution in [1.29, 1.82) is 0 Å². The monoisotopic (exact) mass is 199 g/mol. The molecular formula is C9H10ClNS. The smallest absolute Gasteiger partial charge is 0.0772 e. The van der Waals surface area contributed by atoms with Crippen LogP contribution in [0, 0.1) is 6.92 Å². The second-order valence-electron chi connectivity index (χ2n) is 2.68. The van der Waals surface area contributed by atoms with E-state index in [9.17, 15) is 0 Å². The van der Waals surface area contributed by atoms with Crippen LogP contribution in [0.15, 0.2) is 18.2 Å². The van der Waals surface area contributed by atoms with Crippen LogP contribution in [0.4, 0.5) is 0 Å². The quantitative estimate of drug-likeness (QED) is 0.741. The SMILES string of the molecule is Cc1cccc(Cl)c1CC(N)=S.